The summed E-state index contributed by atoms with van der Waals surface area (Å²) in [7, 11) is 1.34. The highest BCUT2D eigenvalue weighted by Gasteiger charge is 2.15. The highest BCUT2D eigenvalue weighted by atomic mass is 32.1. The van der Waals surface area contributed by atoms with Gasteiger partial charge in [0.15, 0.2) is 0 Å². The van der Waals surface area contributed by atoms with E-state index in [1.165, 1.54) is 18.4 Å². The Morgan fingerprint density at radius 3 is 3.06 bits per heavy atom. The quantitative estimate of drug-likeness (QED) is 0.672. The maximum atomic E-state index is 11.8. The van der Waals surface area contributed by atoms with Gasteiger partial charge in [0.2, 0.25) is 5.91 Å². The van der Waals surface area contributed by atoms with Crippen LogP contribution in [0.1, 0.15) is 29.6 Å². The van der Waals surface area contributed by atoms with Crippen molar-refractivity contribution in [3.63, 3.8) is 0 Å². The van der Waals surface area contributed by atoms with Crippen molar-refractivity contribution in [2.45, 2.75) is 19.3 Å². The number of amides is 1. The molecule has 1 N–H and O–H groups in total. The Morgan fingerprint density at radius 2 is 2.39 bits per heavy atom. The fourth-order valence-electron chi connectivity index (χ4n) is 1.92. The highest BCUT2D eigenvalue weighted by molar-refractivity contribution is 7.14. The predicted octanol–water partition coefficient (Wildman–Crippen LogP) is 2.83. The van der Waals surface area contributed by atoms with Gasteiger partial charge in [-0.2, -0.15) is 0 Å². The van der Waals surface area contributed by atoms with Crippen molar-refractivity contribution in [2.24, 2.45) is 5.92 Å². The van der Waals surface area contributed by atoms with E-state index in [0.717, 1.165) is 12.8 Å². The van der Waals surface area contributed by atoms with Crippen molar-refractivity contribution < 1.29 is 14.3 Å². The number of rotatable bonds is 4. The fourth-order valence-corrected chi connectivity index (χ4v) is 2.70. The summed E-state index contributed by atoms with van der Waals surface area (Å²) in [5.41, 5.74) is 0.471. The minimum absolute atomic E-state index is 0.00943. The molecule has 0 bridgehead atoms. The molecule has 0 saturated carbocycles. The molecule has 0 radical (unpaired) electrons. The van der Waals surface area contributed by atoms with Gasteiger partial charge in [0.05, 0.1) is 17.7 Å². The number of carbonyl (C=O) groups excluding carboxylic acids is 2. The van der Waals surface area contributed by atoms with Crippen LogP contribution < -0.4 is 5.32 Å². The Bertz CT molecular complexity index is 478. The van der Waals surface area contributed by atoms with Crippen LogP contribution in [0.3, 0.4) is 0 Å². The zero-order chi connectivity index (χ0) is 13.0. The van der Waals surface area contributed by atoms with Crippen molar-refractivity contribution in [3.8, 4) is 0 Å². The molecule has 5 heteroatoms. The number of methoxy groups -OCH3 is 1. The minimum atomic E-state index is -0.384. The first-order valence-electron chi connectivity index (χ1n) is 5.82. The van der Waals surface area contributed by atoms with Crippen LogP contribution in [0.2, 0.25) is 0 Å². The van der Waals surface area contributed by atoms with Crippen LogP contribution in [0.5, 0.6) is 0 Å². The molecule has 1 aromatic rings. The van der Waals surface area contributed by atoms with Crippen LogP contribution in [-0.4, -0.2) is 19.0 Å². The number of esters is 1. The molecule has 4 nitrogen and oxygen atoms in total. The lowest BCUT2D eigenvalue weighted by atomic mass is 10.1. The van der Waals surface area contributed by atoms with Gasteiger partial charge in [-0.05, 0) is 24.8 Å². The summed E-state index contributed by atoms with van der Waals surface area (Å²) < 4.78 is 4.61. The number of hydrogen-bond donors (Lipinski definition) is 1. The number of carbonyl (C=O) groups is 2. The van der Waals surface area contributed by atoms with Crippen LogP contribution in [-0.2, 0) is 9.53 Å². The molecule has 1 aromatic heterocycles. The van der Waals surface area contributed by atoms with Crippen LogP contribution in [0.15, 0.2) is 23.6 Å². The number of anilines is 1. The van der Waals surface area contributed by atoms with Gasteiger partial charge in [0, 0.05) is 11.8 Å². The van der Waals surface area contributed by atoms with Crippen LogP contribution in [0, 0.1) is 5.92 Å². The number of ether oxygens (including phenoxy) is 1. The molecule has 1 amide bonds. The zero-order valence-corrected chi connectivity index (χ0v) is 11.0. The molecule has 18 heavy (non-hydrogen) atoms. The second-order valence-corrected chi connectivity index (χ2v) is 5.12. The van der Waals surface area contributed by atoms with Crippen LogP contribution in [0.4, 0.5) is 5.00 Å². The summed E-state index contributed by atoms with van der Waals surface area (Å²) in [4.78, 5) is 23.0. The average molecular weight is 265 g/mol. The van der Waals surface area contributed by atoms with Crippen molar-refractivity contribution >= 4 is 28.2 Å². The van der Waals surface area contributed by atoms with E-state index in [2.05, 4.69) is 22.2 Å². The van der Waals surface area contributed by atoms with E-state index in [9.17, 15) is 9.59 Å². The Hall–Kier alpha value is -1.62. The van der Waals surface area contributed by atoms with Gasteiger partial charge in [-0.3, -0.25) is 4.79 Å². The standard InChI is InChI=1S/C13H15NO3S/c1-17-13(16)10-7-12(18-8-10)14-11(15)6-9-4-2-3-5-9/h2,4,7-9H,3,5-6H2,1H3,(H,14,15)/t9-/m0/s1. The molecule has 1 heterocycles. The summed E-state index contributed by atoms with van der Waals surface area (Å²) in [6, 6.07) is 1.64. The summed E-state index contributed by atoms with van der Waals surface area (Å²) in [6.07, 6.45) is 6.81. The van der Waals surface area contributed by atoms with Gasteiger partial charge >= 0.3 is 5.97 Å². The molecule has 96 valence electrons. The topological polar surface area (TPSA) is 55.4 Å². The van der Waals surface area contributed by atoms with E-state index >= 15 is 0 Å². The van der Waals surface area contributed by atoms with E-state index in [-0.39, 0.29) is 11.9 Å². The number of thiophene rings is 1. The first-order chi connectivity index (χ1) is 8.69. The lowest BCUT2D eigenvalue weighted by Gasteiger charge is -2.06. The predicted molar refractivity (Wildman–Crippen MR) is 70.8 cm³/mol. The lowest BCUT2D eigenvalue weighted by molar-refractivity contribution is -0.116. The molecule has 0 saturated heterocycles. The molecular formula is C13H15NO3S. The van der Waals surface area contributed by atoms with Gasteiger partial charge < -0.3 is 10.1 Å². The molecule has 0 aromatic carbocycles. The molecule has 0 spiro atoms. The van der Waals surface area contributed by atoms with Gasteiger partial charge in [-0.1, -0.05) is 12.2 Å². The molecule has 1 atom stereocenters. The van der Waals surface area contributed by atoms with Crippen molar-refractivity contribution in [2.75, 3.05) is 12.4 Å². The largest absolute Gasteiger partial charge is 0.465 e. The first kappa shape index (κ1) is 12.8. The summed E-state index contributed by atoms with van der Waals surface area (Å²) in [5, 5.41) is 5.17. The molecule has 0 unspecified atom stereocenters. The van der Waals surface area contributed by atoms with E-state index in [1.807, 2.05) is 0 Å². The molecular weight excluding hydrogens is 250 g/mol. The van der Waals surface area contributed by atoms with Gasteiger partial charge in [0.1, 0.15) is 0 Å². The third-order valence-corrected chi connectivity index (χ3v) is 3.69. The Morgan fingerprint density at radius 1 is 1.56 bits per heavy atom. The maximum Gasteiger partial charge on any atom is 0.338 e. The van der Waals surface area contributed by atoms with Crippen LogP contribution in [0.25, 0.3) is 0 Å². The molecule has 0 fully saturated rings. The second kappa shape index (κ2) is 5.82. The van der Waals surface area contributed by atoms with Gasteiger partial charge in [-0.25, -0.2) is 4.79 Å². The van der Waals surface area contributed by atoms with E-state index in [1.54, 1.807) is 11.4 Å². The minimum Gasteiger partial charge on any atom is -0.465 e. The summed E-state index contributed by atoms with van der Waals surface area (Å²) >= 11 is 1.33. The van der Waals surface area contributed by atoms with Crippen molar-refractivity contribution in [3.05, 3.63) is 29.2 Å². The first-order valence-corrected chi connectivity index (χ1v) is 6.70. The van der Waals surface area contributed by atoms with E-state index < -0.39 is 0 Å². The monoisotopic (exact) mass is 265 g/mol. The Kier molecular flexibility index (Phi) is 4.15. The summed E-state index contributed by atoms with van der Waals surface area (Å²) in [6.45, 7) is 0. The molecule has 1 aliphatic rings. The van der Waals surface area contributed by atoms with E-state index in [4.69, 9.17) is 0 Å². The van der Waals surface area contributed by atoms with Gasteiger partial charge in [-0.15, -0.1) is 11.3 Å². The summed E-state index contributed by atoms with van der Waals surface area (Å²) in [5.74, 6) is -0.0414. The highest BCUT2D eigenvalue weighted by Crippen LogP contribution is 2.24. The van der Waals surface area contributed by atoms with Crippen molar-refractivity contribution in [1.29, 1.82) is 0 Å². The average Bonchev–Trinajstić information content (AvgIpc) is 2.99. The van der Waals surface area contributed by atoms with Crippen molar-refractivity contribution in [1.82, 2.24) is 0 Å². The Labute approximate surface area is 110 Å². The number of allylic oxidation sites excluding steroid dienone is 2. The smallest absolute Gasteiger partial charge is 0.338 e. The third-order valence-electron chi connectivity index (χ3n) is 2.84. The maximum absolute atomic E-state index is 11.8. The number of nitrogens with one attached hydrogen (secondary N) is 1. The molecule has 0 aliphatic heterocycles. The number of hydrogen-bond acceptors (Lipinski definition) is 4. The van der Waals surface area contributed by atoms with E-state index in [0.29, 0.717) is 22.9 Å². The normalized spacial score (nSPS) is 17.7. The zero-order valence-electron chi connectivity index (χ0n) is 10.1. The SMILES string of the molecule is COC(=O)c1csc(NC(=O)C[C@H]2C=CCC2)c1. The second-order valence-electron chi connectivity index (χ2n) is 4.21. The van der Waals surface area contributed by atoms with Crippen LogP contribution >= 0.6 is 11.3 Å². The molecule has 1 aliphatic carbocycles. The lowest BCUT2D eigenvalue weighted by Crippen LogP contribution is -2.14. The third kappa shape index (κ3) is 3.20. The van der Waals surface area contributed by atoms with Gasteiger partial charge in [0.25, 0.3) is 0 Å². The Balaban J connectivity index is 1.88. The fraction of sp³-hybridized carbons (Fsp3) is 0.385. The molecule has 2 rings (SSSR count).